The third-order valence-electron chi connectivity index (χ3n) is 0.354. The first-order valence-electron chi connectivity index (χ1n) is 1.84. The van der Waals surface area contributed by atoms with Crippen LogP contribution in [0.15, 0.2) is 12.8 Å². The Labute approximate surface area is 45.0 Å². The zero-order valence-electron chi connectivity index (χ0n) is 3.68. The molecule has 0 spiro atoms. The molecule has 0 fully saturated rings. The van der Waals surface area contributed by atoms with Crippen LogP contribution in [0.25, 0.3) is 0 Å². The standard InChI is InChI=1S/C4H9NO.CH4/c1-2-6-4-3-5;/h2H,1,3-5H2;1H4. The van der Waals surface area contributed by atoms with Crippen molar-refractivity contribution in [3.8, 4) is 0 Å². The van der Waals surface area contributed by atoms with Gasteiger partial charge in [-0.15, -0.1) is 0 Å². The van der Waals surface area contributed by atoms with E-state index in [9.17, 15) is 0 Å². The number of ether oxygens (including phenoxy) is 1. The van der Waals surface area contributed by atoms with Gasteiger partial charge in [0.05, 0.1) is 12.9 Å². The van der Waals surface area contributed by atoms with Gasteiger partial charge in [0.25, 0.3) is 0 Å². The Kier molecular flexibility index (Phi) is 12.6. The van der Waals surface area contributed by atoms with Gasteiger partial charge in [-0.05, 0) is 0 Å². The van der Waals surface area contributed by atoms with E-state index in [4.69, 9.17) is 5.73 Å². The van der Waals surface area contributed by atoms with Crippen LogP contribution in [0.5, 0.6) is 0 Å². The van der Waals surface area contributed by atoms with Gasteiger partial charge in [0.1, 0.15) is 0 Å². The molecule has 7 heavy (non-hydrogen) atoms. The summed E-state index contributed by atoms with van der Waals surface area (Å²) in [4.78, 5) is 0. The van der Waals surface area contributed by atoms with Gasteiger partial charge in [-0.2, -0.15) is 0 Å². The van der Waals surface area contributed by atoms with Crippen molar-refractivity contribution in [2.75, 3.05) is 13.2 Å². The summed E-state index contributed by atoms with van der Waals surface area (Å²) < 4.78 is 4.62. The van der Waals surface area contributed by atoms with E-state index in [1.165, 1.54) is 6.26 Å². The van der Waals surface area contributed by atoms with Crippen LogP contribution in [-0.4, -0.2) is 13.2 Å². The highest BCUT2D eigenvalue weighted by Gasteiger charge is 1.68. The monoisotopic (exact) mass is 103 g/mol. The maximum Gasteiger partial charge on any atom is 0.0995 e. The molecule has 0 aromatic heterocycles. The molecule has 0 saturated carbocycles. The molecule has 0 radical (unpaired) electrons. The highest BCUT2D eigenvalue weighted by molar-refractivity contribution is 4.47. The minimum atomic E-state index is 0. The van der Waals surface area contributed by atoms with Crippen LogP contribution in [0.2, 0.25) is 0 Å². The molecule has 0 amide bonds. The summed E-state index contributed by atoms with van der Waals surface area (Å²) in [6, 6.07) is 0. The average Bonchev–Trinajstić information content (AvgIpc) is 1.61. The van der Waals surface area contributed by atoms with Crippen molar-refractivity contribution >= 4 is 0 Å². The first kappa shape index (κ1) is 9.71. The van der Waals surface area contributed by atoms with Crippen LogP contribution in [0.1, 0.15) is 7.43 Å². The van der Waals surface area contributed by atoms with Crippen molar-refractivity contribution in [2.24, 2.45) is 5.73 Å². The Balaban J connectivity index is 0. The Morgan fingerprint density at radius 3 is 2.43 bits per heavy atom. The lowest BCUT2D eigenvalue weighted by Gasteiger charge is -1.90. The van der Waals surface area contributed by atoms with E-state index in [-0.39, 0.29) is 7.43 Å². The van der Waals surface area contributed by atoms with E-state index in [1.807, 2.05) is 0 Å². The maximum atomic E-state index is 5.04. The summed E-state index contributed by atoms with van der Waals surface area (Å²) in [5, 5.41) is 0. The molecule has 0 aromatic carbocycles. The topological polar surface area (TPSA) is 35.2 Å². The summed E-state index contributed by atoms with van der Waals surface area (Å²) in [5.74, 6) is 0. The van der Waals surface area contributed by atoms with Crippen LogP contribution in [0.4, 0.5) is 0 Å². The van der Waals surface area contributed by atoms with E-state index in [0.29, 0.717) is 13.2 Å². The highest BCUT2D eigenvalue weighted by atomic mass is 16.5. The first-order chi connectivity index (χ1) is 2.91. The lowest BCUT2D eigenvalue weighted by atomic mass is 10.7. The molecule has 0 aliphatic heterocycles. The van der Waals surface area contributed by atoms with Crippen LogP contribution < -0.4 is 5.73 Å². The molecule has 2 heteroatoms. The Bertz CT molecular complexity index is 37.1. The van der Waals surface area contributed by atoms with Gasteiger partial charge in [-0.25, -0.2) is 0 Å². The third kappa shape index (κ3) is 10.8. The lowest BCUT2D eigenvalue weighted by Crippen LogP contribution is -2.04. The second-order valence-electron chi connectivity index (χ2n) is 0.826. The molecular formula is C5H13NO. The summed E-state index contributed by atoms with van der Waals surface area (Å²) in [5.41, 5.74) is 5.04. The van der Waals surface area contributed by atoms with E-state index in [1.54, 1.807) is 0 Å². The number of hydrogen-bond acceptors (Lipinski definition) is 2. The van der Waals surface area contributed by atoms with Gasteiger partial charge in [-0.1, -0.05) is 14.0 Å². The van der Waals surface area contributed by atoms with Gasteiger partial charge < -0.3 is 10.5 Å². The Morgan fingerprint density at radius 1 is 1.71 bits per heavy atom. The predicted octanol–water partition coefficient (Wildman–Crippen LogP) is 0.741. The molecule has 2 N–H and O–H groups in total. The minimum Gasteiger partial charge on any atom is -0.500 e. The Hall–Kier alpha value is -0.500. The maximum absolute atomic E-state index is 5.04. The molecule has 44 valence electrons. The van der Waals surface area contributed by atoms with Crippen LogP contribution in [0.3, 0.4) is 0 Å². The highest BCUT2D eigenvalue weighted by Crippen LogP contribution is 1.65. The summed E-state index contributed by atoms with van der Waals surface area (Å²) >= 11 is 0. The summed E-state index contributed by atoms with van der Waals surface area (Å²) in [6.45, 7) is 4.45. The predicted molar refractivity (Wildman–Crippen MR) is 31.9 cm³/mol. The van der Waals surface area contributed by atoms with Gasteiger partial charge in [0.2, 0.25) is 0 Å². The SMILES string of the molecule is C.C=COCCN. The average molecular weight is 103 g/mol. The number of hydrogen-bond donors (Lipinski definition) is 1. The number of nitrogens with two attached hydrogens (primary N) is 1. The second kappa shape index (κ2) is 9.09. The fraction of sp³-hybridized carbons (Fsp3) is 0.600. The zero-order valence-corrected chi connectivity index (χ0v) is 3.68. The van der Waals surface area contributed by atoms with E-state index in [2.05, 4.69) is 11.3 Å². The summed E-state index contributed by atoms with van der Waals surface area (Å²) in [7, 11) is 0. The first-order valence-corrected chi connectivity index (χ1v) is 1.84. The normalized spacial score (nSPS) is 6.43. The van der Waals surface area contributed by atoms with Crippen molar-refractivity contribution in [3.05, 3.63) is 12.8 Å². The Morgan fingerprint density at radius 2 is 2.29 bits per heavy atom. The van der Waals surface area contributed by atoms with E-state index < -0.39 is 0 Å². The fourth-order valence-electron chi connectivity index (χ4n) is 0.151. The van der Waals surface area contributed by atoms with Crippen molar-refractivity contribution in [3.63, 3.8) is 0 Å². The minimum absolute atomic E-state index is 0. The molecule has 0 unspecified atom stereocenters. The van der Waals surface area contributed by atoms with E-state index in [0.717, 1.165) is 0 Å². The van der Waals surface area contributed by atoms with Crippen molar-refractivity contribution in [2.45, 2.75) is 7.43 Å². The largest absolute Gasteiger partial charge is 0.500 e. The zero-order chi connectivity index (χ0) is 4.83. The van der Waals surface area contributed by atoms with Crippen LogP contribution in [-0.2, 0) is 4.74 Å². The van der Waals surface area contributed by atoms with Crippen LogP contribution in [0, 0.1) is 0 Å². The van der Waals surface area contributed by atoms with Crippen molar-refractivity contribution in [1.29, 1.82) is 0 Å². The third-order valence-corrected chi connectivity index (χ3v) is 0.354. The molecule has 0 saturated heterocycles. The molecule has 0 aliphatic carbocycles. The molecule has 0 aliphatic rings. The molecule has 0 aromatic rings. The quantitative estimate of drug-likeness (QED) is 0.422. The smallest absolute Gasteiger partial charge is 0.0995 e. The van der Waals surface area contributed by atoms with E-state index >= 15 is 0 Å². The molecule has 0 atom stereocenters. The molecule has 0 bridgehead atoms. The molecule has 0 rings (SSSR count). The number of rotatable bonds is 3. The van der Waals surface area contributed by atoms with Gasteiger partial charge in [0.15, 0.2) is 0 Å². The van der Waals surface area contributed by atoms with Gasteiger partial charge >= 0.3 is 0 Å². The van der Waals surface area contributed by atoms with Crippen LogP contribution >= 0.6 is 0 Å². The summed E-state index contributed by atoms with van der Waals surface area (Å²) in [6.07, 6.45) is 1.38. The van der Waals surface area contributed by atoms with Gasteiger partial charge in [0, 0.05) is 6.54 Å². The molecule has 0 heterocycles. The molecule has 2 nitrogen and oxygen atoms in total. The second-order valence-corrected chi connectivity index (χ2v) is 0.826. The van der Waals surface area contributed by atoms with Crippen molar-refractivity contribution in [1.82, 2.24) is 0 Å². The lowest BCUT2D eigenvalue weighted by molar-refractivity contribution is 0.261. The van der Waals surface area contributed by atoms with Gasteiger partial charge in [-0.3, -0.25) is 0 Å². The van der Waals surface area contributed by atoms with Crippen molar-refractivity contribution < 1.29 is 4.74 Å². The molecular weight excluding hydrogens is 90.1 g/mol. The fourth-order valence-corrected chi connectivity index (χ4v) is 0.151.